The van der Waals surface area contributed by atoms with E-state index in [1.165, 1.54) is 0 Å². The lowest BCUT2D eigenvalue weighted by atomic mass is 10.2. The van der Waals surface area contributed by atoms with E-state index in [0.29, 0.717) is 0 Å². The van der Waals surface area contributed by atoms with Gasteiger partial charge in [0.15, 0.2) is 0 Å². The lowest BCUT2D eigenvalue weighted by molar-refractivity contribution is -0.250. The van der Waals surface area contributed by atoms with E-state index in [0.717, 1.165) is 12.5 Å². The van der Waals surface area contributed by atoms with Gasteiger partial charge in [0.05, 0.1) is 12.5 Å². The number of aliphatic hydroxyl groups is 2. The highest BCUT2D eigenvalue weighted by atomic mass is 32.2. The third-order valence-corrected chi connectivity index (χ3v) is 1.95. The topological polar surface area (TPSA) is 146 Å². The quantitative estimate of drug-likeness (QED) is 0.347. The zero-order valence-corrected chi connectivity index (χ0v) is 11.2. The fraction of sp³-hybridized carbons (Fsp3) is 1.00. The predicted octanol–water partition coefficient (Wildman–Crippen LogP) is -2.48. The molecule has 0 aliphatic carbocycles. The molecule has 110 valence electrons. The summed E-state index contributed by atoms with van der Waals surface area (Å²) in [5.74, 6) is 0. The molecular formula is C6H14O10S2. The van der Waals surface area contributed by atoms with Crippen LogP contribution in [-0.2, 0) is 38.7 Å². The van der Waals surface area contributed by atoms with E-state index in [2.05, 4.69) is 18.4 Å². The van der Waals surface area contributed by atoms with Crippen molar-refractivity contribution in [1.82, 2.24) is 0 Å². The fourth-order valence-corrected chi connectivity index (χ4v) is 1.05. The largest absolute Gasteiger partial charge is 0.388 e. The molecule has 0 aliphatic heterocycles. The Morgan fingerprint density at radius 1 is 0.833 bits per heavy atom. The first-order valence-electron chi connectivity index (χ1n) is 4.39. The van der Waals surface area contributed by atoms with Gasteiger partial charge in [0.25, 0.3) is 20.2 Å². The molecule has 0 radical (unpaired) electrons. The van der Waals surface area contributed by atoms with Crippen molar-refractivity contribution in [3.05, 3.63) is 0 Å². The monoisotopic (exact) mass is 310 g/mol. The molecule has 0 saturated carbocycles. The summed E-state index contributed by atoms with van der Waals surface area (Å²) in [6.45, 7) is -1.34. The summed E-state index contributed by atoms with van der Waals surface area (Å²) >= 11 is 0. The van der Waals surface area contributed by atoms with Crippen molar-refractivity contribution < 1.29 is 45.5 Å². The normalized spacial score (nSPS) is 16.4. The van der Waals surface area contributed by atoms with Crippen molar-refractivity contribution in [3.8, 4) is 0 Å². The van der Waals surface area contributed by atoms with Crippen LogP contribution in [0.5, 0.6) is 0 Å². The van der Waals surface area contributed by atoms with E-state index >= 15 is 0 Å². The van der Waals surface area contributed by atoms with Crippen LogP contribution in [0.3, 0.4) is 0 Å². The fourth-order valence-electron chi connectivity index (χ4n) is 0.592. The maximum Gasteiger partial charge on any atom is 0.290 e. The molecule has 0 aliphatic rings. The molecule has 0 aromatic rings. The summed E-state index contributed by atoms with van der Waals surface area (Å²) in [6.07, 6.45) is -1.68. The Kier molecular flexibility index (Phi) is 7.16. The minimum atomic E-state index is -3.83. The van der Waals surface area contributed by atoms with Gasteiger partial charge in [-0.1, -0.05) is 0 Å². The van der Waals surface area contributed by atoms with Crippen LogP contribution < -0.4 is 0 Å². The molecule has 0 spiro atoms. The first-order chi connectivity index (χ1) is 8.01. The van der Waals surface area contributed by atoms with Crippen LogP contribution in [0.1, 0.15) is 0 Å². The Labute approximate surface area is 104 Å². The molecule has 0 unspecified atom stereocenters. The highest BCUT2D eigenvalue weighted by Gasteiger charge is 2.19. The zero-order chi connectivity index (χ0) is 14.4. The van der Waals surface area contributed by atoms with Crippen molar-refractivity contribution in [2.45, 2.75) is 12.2 Å². The maximum atomic E-state index is 10.5. The second kappa shape index (κ2) is 7.30. The third kappa shape index (κ3) is 10.8. The van der Waals surface area contributed by atoms with Gasteiger partial charge in [0.2, 0.25) is 0 Å². The van der Waals surface area contributed by atoms with Gasteiger partial charge in [0, 0.05) is 0 Å². The highest BCUT2D eigenvalue weighted by Crippen LogP contribution is 1.99. The summed E-state index contributed by atoms with van der Waals surface area (Å²) in [4.78, 5) is 8.23. The molecule has 18 heavy (non-hydrogen) atoms. The van der Waals surface area contributed by atoms with Crippen molar-refractivity contribution in [3.63, 3.8) is 0 Å². The lowest BCUT2D eigenvalue weighted by Crippen LogP contribution is -2.34. The molecule has 0 aromatic heterocycles. The standard InChI is InChI=1S/C6H14O10S2/c1-17(9,10)15-13-3-5(7)6(8)4-14-16-18(2,11)12/h5-8H,3-4H2,1-2H3/t5-,6-/m1/s1. The van der Waals surface area contributed by atoms with Crippen LogP contribution in [0.25, 0.3) is 0 Å². The van der Waals surface area contributed by atoms with E-state index in [1.54, 1.807) is 0 Å². The van der Waals surface area contributed by atoms with E-state index in [9.17, 15) is 27.0 Å². The van der Waals surface area contributed by atoms with E-state index < -0.39 is 45.7 Å². The Bertz CT molecular complexity index is 383. The van der Waals surface area contributed by atoms with Crippen molar-refractivity contribution >= 4 is 20.2 Å². The second-order valence-corrected chi connectivity index (χ2v) is 6.34. The van der Waals surface area contributed by atoms with E-state index in [4.69, 9.17) is 0 Å². The second-order valence-electron chi connectivity index (χ2n) is 3.25. The number of hydrogen-bond donors (Lipinski definition) is 2. The third-order valence-electron chi connectivity index (χ3n) is 1.27. The first-order valence-corrected chi connectivity index (χ1v) is 8.03. The van der Waals surface area contributed by atoms with Gasteiger partial charge < -0.3 is 10.2 Å². The average Bonchev–Trinajstić information content (AvgIpc) is 2.13. The minimum Gasteiger partial charge on any atom is -0.388 e. The minimum absolute atomic E-state index is 0.670. The summed E-state index contributed by atoms with van der Waals surface area (Å²) in [7, 11) is -7.66. The number of aliphatic hydroxyl groups excluding tert-OH is 2. The Morgan fingerprint density at radius 3 is 1.33 bits per heavy atom. The zero-order valence-electron chi connectivity index (χ0n) is 9.55. The van der Waals surface area contributed by atoms with Crippen LogP contribution in [0.15, 0.2) is 0 Å². The molecule has 0 fully saturated rings. The first kappa shape index (κ1) is 17.7. The summed E-state index contributed by atoms with van der Waals surface area (Å²) in [5.41, 5.74) is 0. The molecule has 0 heterocycles. The number of hydrogen-bond acceptors (Lipinski definition) is 10. The van der Waals surface area contributed by atoms with Crippen LogP contribution >= 0.6 is 0 Å². The van der Waals surface area contributed by atoms with Gasteiger partial charge in [-0.2, -0.15) is 16.8 Å². The average molecular weight is 310 g/mol. The molecule has 2 N–H and O–H groups in total. The Balaban J connectivity index is 3.86. The Morgan fingerprint density at radius 2 is 1.11 bits per heavy atom. The summed E-state index contributed by atoms with van der Waals surface area (Å²) in [5, 5.41) is 18.4. The Hall–Kier alpha value is -0.340. The molecule has 2 atom stereocenters. The van der Waals surface area contributed by atoms with Crippen molar-refractivity contribution in [1.29, 1.82) is 0 Å². The van der Waals surface area contributed by atoms with Gasteiger partial charge in [-0.05, 0) is 0 Å². The molecule has 0 rings (SSSR count). The van der Waals surface area contributed by atoms with Gasteiger partial charge in [-0.25, -0.2) is 9.78 Å². The molecule has 0 saturated heterocycles. The van der Waals surface area contributed by atoms with Crippen LogP contribution in [0.4, 0.5) is 0 Å². The smallest absolute Gasteiger partial charge is 0.290 e. The van der Waals surface area contributed by atoms with Gasteiger partial charge >= 0.3 is 0 Å². The molecule has 0 amide bonds. The number of rotatable bonds is 9. The maximum absolute atomic E-state index is 10.5. The summed E-state index contributed by atoms with van der Waals surface area (Å²) < 4.78 is 49.5. The molecule has 10 nitrogen and oxygen atoms in total. The van der Waals surface area contributed by atoms with Crippen LogP contribution in [0, 0.1) is 0 Å². The van der Waals surface area contributed by atoms with Crippen molar-refractivity contribution in [2.24, 2.45) is 0 Å². The molecule has 12 heteroatoms. The van der Waals surface area contributed by atoms with E-state index in [-0.39, 0.29) is 0 Å². The van der Waals surface area contributed by atoms with Gasteiger partial charge in [0.1, 0.15) is 25.4 Å². The van der Waals surface area contributed by atoms with Crippen LogP contribution in [-0.4, -0.2) is 65.0 Å². The molecule has 0 aromatic carbocycles. The van der Waals surface area contributed by atoms with Crippen LogP contribution in [0.2, 0.25) is 0 Å². The van der Waals surface area contributed by atoms with E-state index in [1.807, 2.05) is 0 Å². The lowest BCUT2D eigenvalue weighted by Gasteiger charge is -2.15. The van der Waals surface area contributed by atoms with Crippen molar-refractivity contribution in [2.75, 3.05) is 25.7 Å². The molecular weight excluding hydrogens is 296 g/mol. The van der Waals surface area contributed by atoms with Gasteiger partial charge in [-0.3, -0.25) is 0 Å². The van der Waals surface area contributed by atoms with Gasteiger partial charge in [-0.15, -0.1) is 8.67 Å². The summed E-state index contributed by atoms with van der Waals surface area (Å²) in [6, 6.07) is 0. The SMILES string of the molecule is CS(=O)(=O)OOC[C@@H](O)[C@H](O)COOS(C)(=O)=O. The highest BCUT2D eigenvalue weighted by molar-refractivity contribution is 7.86. The predicted molar refractivity (Wildman–Crippen MR) is 55.8 cm³/mol. The molecule has 0 bridgehead atoms.